The fourth-order valence-electron chi connectivity index (χ4n) is 3.27. The van der Waals surface area contributed by atoms with E-state index in [1.54, 1.807) is 0 Å². The zero-order chi connectivity index (χ0) is 14.9. The summed E-state index contributed by atoms with van der Waals surface area (Å²) in [4.78, 5) is 23.6. The minimum atomic E-state index is 0.0809. The van der Waals surface area contributed by atoms with Crippen molar-refractivity contribution >= 4 is 23.6 Å². The lowest BCUT2D eigenvalue weighted by atomic mass is 9.95. The summed E-state index contributed by atoms with van der Waals surface area (Å²) in [5, 5.41) is 6.16. The second-order valence-corrected chi connectivity index (χ2v) is 7.28. The van der Waals surface area contributed by atoms with Gasteiger partial charge in [0.25, 0.3) is 0 Å². The molecule has 4 nitrogen and oxygen atoms in total. The normalized spacial score (nSPS) is 21.0. The van der Waals surface area contributed by atoms with Crippen LogP contribution in [0.4, 0.5) is 0 Å². The Morgan fingerprint density at radius 1 is 0.714 bits per heavy atom. The van der Waals surface area contributed by atoms with Gasteiger partial charge < -0.3 is 10.6 Å². The molecule has 0 aromatic rings. The summed E-state index contributed by atoms with van der Waals surface area (Å²) in [6.45, 7) is 0. The first-order valence-electron chi connectivity index (χ1n) is 8.40. The van der Waals surface area contributed by atoms with E-state index in [4.69, 9.17) is 0 Å². The number of carbonyl (C=O) groups excluding carboxylic acids is 2. The lowest BCUT2D eigenvalue weighted by Gasteiger charge is -2.23. The van der Waals surface area contributed by atoms with Crippen LogP contribution in [0.1, 0.15) is 64.2 Å². The van der Waals surface area contributed by atoms with Gasteiger partial charge in [-0.3, -0.25) is 9.59 Å². The fraction of sp³-hybridized carbons (Fsp3) is 0.875. The molecule has 0 spiro atoms. The summed E-state index contributed by atoms with van der Waals surface area (Å²) in [5.74, 6) is 0.957. The zero-order valence-corrected chi connectivity index (χ0v) is 13.7. The molecule has 2 saturated carbocycles. The molecule has 2 amide bonds. The van der Waals surface area contributed by atoms with Crippen LogP contribution in [-0.2, 0) is 9.59 Å². The van der Waals surface area contributed by atoms with Gasteiger partial charge in [-0.2, -0.15) is 0 Å². The number of thioether (sulfide) groups is 1. The molecule has 0 unspecified atom stereocenters. The minimum Gasteiger partial charge on any atom is -0.353 e. The molecule has 2 N–H and O–H groups in total. The molecular weight excluding hydrogens is 284 g/mol. The lowest BCUT2D eigenvalue weighted by Crippen LogP contribution is -2.39. The Bertz CT molecular complexity index is 305. The van der Waals surface area contributed by atoms with Crippen molar-refractivity contribution in [3.63, 3.8) is 0 Å². The zero-order valence-electron chi connectivity index (χ0n) is 12.9. The smallest absolute Gasteiger partial charge is 0.230 e. The van der Waals surface area contributed by atoms with E-state index in [0.717, 1.165) is 25.7 Å². The molecule has 2 rings (SSSR count). The van der Waals surface area contributed by atoms with Gasteiger partial charge in [-0.1, -0.05) is 38.5 Å². The fourth-order valence-corrected chi connectivity index (χ4v) is 3.91. The average Bonchev–Trinajstić information content (AvgIpc) is 2.49. The Labute approximate surface area is 132 Å². The molecule has 0 bridgehead atoms. The summed E-state index contributed by atoms with van der Waals surface area (Å²) in [6, 6.07) is 0.728. The van der Waals surface area contributed by atoms with E-state index >= 15 is 0 Å². The van der Waals surface area contributed by atoms with Gasteiger partial charge in [0.05, 0.1) is 11.5 Å². The highest BCUT2D eigenvalue weighted by Crippen LogP contribution is 2.18. The van der Waals surface area contributed by atoms with Crippen molar-refractivity contribution in [1.29, 1.82) is 0 Å². The summed E-state index contributed by atoms with van der Waals surface area (Å²) < 4.78 is 0. The third-order valence-electron chi connectivity index (χ3n) is 4.41. The molecule has 2 aliphatic carbocycles. The SMILES string of the molecule is O=C(CSCC(=O)NC1CCCCC1)NC1CCCCC1. The predicted octanol–water partition coefficient (Wildman–Crippen LogP) is 2.62. The number of hydrogen-bond acceptors (Lipinski definition) is 3. The Morgan fingerprint density at radius 2 is 1.10 bits per heavy atom. The maximum atomic E-state index is 11.8. The molecule has 0 radical (unpaired) electrons. The highest BCUT2D eigenvalue weighted by atomic mass is 32.2. The summed E-state index contributed by atoms with van der Waals surface area (Å²) in [5.41, 5.74) is 0. The maximum Gasteiger partial charge on any atom is 0.230 e. The molecule has 0 heterocycles. The standard InChI is InChI=1S/C16H28N2O2S/c19-15(17-13-7-3-1-4-8-13)11-21-12-16(20)18-14-9-5-2-6-10-14/h13-14H,1-12H2,(H,17,19)(H,18,20). The van der Waals surface area contributed by atoms with E-state index in [9.17, 15) is 9.59 Å². The van der Waals surface area contributed by atoms with E-state index in [-0.39, 0.29) is 11.8 Å². The number of nitrogens with one attached hydrogen (secondary N) is 2. The molecule has 0 aromatic heterocycles. The molecule has 0 aliphatic heterocycles. The van der Waals surface area contributed by atoms with Crippen LogP contribution >= 0.6 is 11.8 Å². The maximum absolute atomic E-state index is 11.8. The number of carbonyl (C=O) groups is 2. The van der Waals surface area contributed by atoms with Crippen LogP contribution < -0.4 is 10.6 Å². The number of rotatable bonds is 6. The van der Waals surface area contributed by atoms with Crippen molar-refractivity contribution in [2.24, 2.45) is 0 Å². The van der Waals surface area contributed by atoms with Crippen LogP contribution in [0.2, 0.25) is 0 Å². The molecule has 2 fully saturated rings. The summed E-state index contributed by atoms with van der Waals surface area (Å²) >= 11 is 1.42. The minimum absolute atomic E-state index is 0.0809. The third-order valence-corrected chi connectivity index (χ3v) is 5.34. The highest BCUT2D eigenvalue weighted by Gasteiger charge is 2.17. The van der Waals surface area contributed by atoms with Gasteiger partial charge in [-0.05, 0) is 25.7 Å². The van der Waals surface area contributed by atoms with Gasteiger partial charge in [-0.25, -0.2) is 0 Å². The third kappa shape index (κ3) is 6.72. The van der Waals surface area contributed by atoms with Crippen LogP contribution in [0, 0.1) is 0 Å². The summed E-state index contributed by atoms with van der Waals surface area (Å²) in [6.07, 6.45) is 11.9. The predicted molar refractivity (Wildman–Crippen MR) is 87.4 cm³/mol. The van der Waals surface area contributed by atoms with Crippen LogP contribution in [0.15, 0.2) is 0 Å². The first-order valence-corrected chi connectivity index (χ1v) is 9.56. The number of hydrogen-bond donors (Lipinski definition) is 2. The molecule has 5 heteroatoms. The molecular formula is C16H28N2O2S. The van der Waals surface area contributed by atoms with Crippen molar-refractivity contribution < 1.29 is 9.59 Å². The Balaban J connectivity index is 1.53. The first-order chi connectivity index (χ1) is 10.2. The molecule has 2 aliphatic rings. The quantitative estimate of drug-likeness (QED) is 0.792. The monoisotopic (exact) mass is 312 g/mol. The molecule has 120 valence electrons. The Hall–Kier alpha value is -0.710. The van der Waals surface area contributed by atoms with E-state index in [1.807, 2.05) is 0 Å². The van der Waals surface area contributed by atoms with Crippen LogP contribution in [0.25, 0.3) is 0 Å². The molecule has 21 heavy (non-hydrogen) atoms. The van der Waals surface area contributed by atoms with Crippen LogP contribution in [-0.4, -0.2) is 35.4 Å². The Kier molecular flexibility index (Phi) is 7.41. The first kappa shape index (κ1) is 16.7. The molecule has 0 atom stereocenters. The number of amides is 2. The molecule has 0 aromatic carbocycles. The van der Waals surface area contributed by atoms with Crippen LogP contribution in [0.3, 0.4) is 0 Å². The second-order valence-electron chi connectivity index (χ2n) is 6.30. The van der Waals surface area contributed by atoms with Crippen molar-refractivity contribution in [3.8, 4) is 0 Å². The van der Waals surface area contributed by atoms with Gasteiger partial charge in [0.2, 0.25) is 11.8 Å². The van der Waals surface area contributed by atoms with Crippen LogP contribution in [0.5, 0.6) is 0 Å². The van der Waals surface area contributed by atoms with Gasteiger partial charge in [-0.15, -0.1) is 11.8 Å². The lowest BCUT2D eigenvalue weighted by molar-refractivity contribution is -0.119. The van der Waals surface area contributed by atoms with Gasteiger partial charge >= 0.3 is 0 Å². The second kappa shape index (κ2) is 9.34. The highest BCUT2D eigenvalue weighted by molar-refractivity contribution is 8.00. The van der Waals surface area contributed by atoms with Gasteiger partial charge in [0, 0.05) is 12.1 Å². The van der Waals surface area contributed by atoms with Gasteiger partial charge in [0.15, 0.2) is 0 Å². The van der Waals surface area contributed by atoms with Crippen molar-refractivity contribution in [2.75, 3.05) is 11.5 Å². The largest absolute Gasteiger partial charge is 0.353 e. The van der Waals surface area contributed by atoms with E-state index in [1.165, 1.54) is 50.3 Å². The van der Waals surface area contributed by atoms with Crippen molar-refractivity contribution in [3.05, 3.63) is 0 Å². The topological polar surface area (TPSA) is 58.2 Å². The van der Waals surface area contributed by atoms with Gasteiger partial charge in [0.1, 0.15) is 0 Å². The average molecular weight is 312 g/mol. The Morgan fingerprint density at radius 3 is 1.48 bits per heavy atom. The van der Waals surface area contributed by atoms with Crippen molar-refractivity contribution in [1.82, 2.24) is 10.6 Å². The van der Waals surface area contributed by atoms with E-state index < -0.39 is 0 Å². The molecule has 0 saturated heterocycles. The van der Waals surface area contributed by atoms with E-state index in [2.05, 4.69) is 10.6 Å². The summed E-state index contributed by atoms with van der Waals surface area (Å²) in [7, 11) is 0. The van der Waals surface area contributed by atoms with E-state index in [0.29, 0.717) is 23.6 Å². The van der Waals surface area contributed by atoms with Crippen molar-refractivity contribution in [2.45, 2.75) is 76.3 Å².